The maximum Gasteiger partial charge on any atom is 0.373 e. The zero-order valence-electron chi connectivity index (χ0n) is 12.1. The van der Waals surface area contributed by atoms with Gasteiger partial charge < -0.3 is 24.5 Å². The Balaban J connectivity index is 1.66. The number of rotatable bonds is 4. The summed E-state index contributed by atoms with van der Waals surface area (Å²) in [6, 6.07) is 5.63. The molecule has 1 aliphatic rings. The van der Waals surface area contributed by atoms with E-state index in [1.54, 1.807) is 23.5 Å². The minimum absolute atomic E-state index is 0.0236. The number of anilines is 1. The van der Waals surface area contributed by atoms with E-state index in [2.05, 4.69) is 4.98 Å². The number of hydrogen-bond donors (Lipinski definition) is 0. The van der Waals surface area contributed by atoms with Crippen LogP contribution in [0.5, 0.6) is 11.5 Å². The maximum absolute atomic E-state index is 11.4. The van der Waals surface area contributed by atoms with Crippen LogP contribution in [-0.4, -0.2) is 28.1 Å². The van der Waals surface area contributed by atoms with Crippen LogP contribution in [0.1, 0.15) is 5.56 Å². The van der Waals surface area contributed by atoms with Gasteiger partial charge in [-0.25, -0.2) is 0 Å². The summed E-state index contributed by atoms with van der Waals surface area (Å²) in [6.45, 7) is 0.694. The summed E-state index contributed by atoms with van der Waals surface area (Å²) in [5, 5.41) is 13.2. The van der Waals surface area contributed by atoms with Crippen molar-refractivity contribution in [3.63, 3.8) is 0 Å². The van der Waals surface area contributed by atoms with Crippen LogP contribution in [0.15, 0.2) is 29.8 Å². The van der Waals surface area contributed by atoms with Gasteiger partial charge in [0.2, 0.25) is 12.6 Å². The highest BCUT2D eigenvalue weighted by atomic mass is 32.1. The highest BCUT2D eigenvalue weighted by molar-refractivity contribution is 7.15. The van der Waals surface area contributed by atoms with Crippen LogP contribution < -0.4 is 14.4 Å². The molecular weight excluding hydrogens is 320 g/mol. The fraction of sp³-hybridized carbons (Fsp3) is 0.214. The molecule has 118 valence electrons. The van der Waals surface area contributed by atoms with Crippen molar-refractivity contribution in [2.45, 2.75) is 6.54 Å². The molecule has 2 aromatic heterocycles. The number of thiazole rings is 1. The summed E-state index contributed by atoms with van der Waals surface area (Å²) >= 11 is 1.36. The van der Waals surface area contributed by atoms with Gasteiger partial charge in [-0.2, -0.15) is 9.38 Å². The molecule has 0 unspecified atom stereocenters. The smallest absolute Gasteiger partial charge is 0.373 e. The molecule has 0 atom stereocenters. The standard InChI is InChI=1S/C14H12N4O4S/c1-16(7-9-2-3-10-11(6-9)22-8-21-10)12-13(18(19)20)17-4-5-23-14(17)15-12/h2-6H,7-8H2,1H3. The fourth-order valence-corrected chi connectivity index (χ4v) is 3.28. The zero-order chi connectivity index (χ0) is 16.0. The lowest BCUT2D eigenvalue weighted by atomic mass is 10.2. The average molecular weight is 332 g/mol. The maximum atomic E-state index is 11.4. The van der Waals surface area contributed by atoms with Crippen molar-refractivity contribution in [1.29, 1.82) is 0 Å². The van der Waals surface area contributed by atoms with E-state index in [9.17, 15) is 10.1 Å². The number of ether oxygens (including phenoxy) is 2. The van der Waals surface area contributed by atoms with E-state index in [4.69, 9.17) is 9.47 Å². The molecule has 0 amide bonds. The number of nitro groups is 1. The van der Waals surface area contributed by atoms with Crippen LogP contribution in [0.2, 0.25) is 0 Å². The average Bonchev–Trinajstić information content (AvgIpc) is 3.20. The Morgan fingerprint density at radius 2 is 2.26 bits per heavy atom. The minimum Gasteiger partial charge on any atom is -0.454 e. The Labute approximate surface area is 134 Å². The third-order valence-corrected chi connectivity index (χ3v) is 4.37. The Morgan fingerprint density at radius 3 is 3.09 bits per heavy atom. The van der Waals surface area contributed by atoms with Crippen LogP contribution >= 0.6 is 11.3 Å². The van der Waals surface area contributed by atoms with Gasteiger partial charge in [-0.05, 0) is 22.6 Å². The van der Waals surface area contributed by atoms with Crippen molar-refractivity contribution in [2.75, 3.05) is 18.7 Å². The van der Waals surface area contributed by atoms with E-state index in [-0.39, 0.29) is 12.6 Å². The Kier molecular flexibility index (Phi) is 3.08. The molecule has 0 bridgehead atoms. The van der Waals surface area contributed by atoms with Gasteiger partial charge >= 0.3 is 5.82 Å². The summed E-state index contributed by atoms with van der Waals surface area (Å²) in [5.41, 5.74) is 0.961. The molecule has 1 aromatic carbocycles. The molecule has 0 fully saturated rings. The number of fused-ring (bicyclic) bond motifs is 2. The van der Waals surface area contributed by atoms with Crippen LogP contribution in [0.25, 0.3) is 4.96 Å². The third-order valence-electron chi connectivity index (χ3n) is 3.61. The van der Waals surface area contributed by atoms with E-state index in [1.165, 1.54) is 15.7 Å². The fourth-order valence-electron chi connectivity index (χ4n) is 2.58. The van der Waals surface area contributed by atoms with Crippen LogP contribution in [-0.2, 0) is 6.54 Å². The molecule has 23 heavy (non-hydrogen) atoms. The summed E-state index contributed by atoms with van der Waals surface area (Å²) < 4.78 is 12.1. The second-order valence-electron chi connectivity index (χ2n) is 5.12. The minimum atomic E-state index is -0.405. The van der Waals surface area contributed by atoms with Gasteiger partial charge in [0.15, 0.2) is 11.5 Å². The Morgan fingerprint density at radius 1 is 1.43 bits per heavy atom. The van der Waals surface area contributed by atoms with Gasteiger partial charge in [-0.1, -0.05) is 17.4 Å². The first-order valence-electron chi connectivity index (χ1n) is 6.83. The van der Waals surface area contributed by atoms with Crippen LogP contribution in [0.3, 0.4) is 0 Å². The first-order valence-corrected chi connectivity index (χ1v) is 7.71. The molecule has 0 saturated heterocycles. The van der Waals surface area contributed by atoms with Gasteiger partial charge in [0.05, 0.1) is 0 Å². The molecule has 3 heterocycles. The molecule has 0 saturated carbocycles. The molecule has 8 nitrogen and oxygen atoms in total. The first kappa shape index (κ1) is 13.8. The van der Waals surface area contributed by atoms with E-state index in [0.717, 1.165) is 5.56 Å². The second-order valence-corrected chi connectivity index (χ2v) is 5.99. The van der Waals surface area contributed by atoms with Crippen molar-refractivity contribution in [1.82, 2.24) is 9.38 Å². The van der Waals surface area contributed by atoms with Gasteiger partial charge in [-0.15, -0.1) is 0 Å². The molecule has 0 spiro atoms. The van der Waals surface area contributed by atoms with Gasteiger partial charge in [0, 0.05) is 19.0 Å². The molecule has 0 aliphatic carbocycles. The normalized spacial score (nSPS) is 12.7. The molecule has 4 rings (SSSR count). The number of hydrogen-bond acceptors (Lipinski definition) is 7. The number of nitrogens with zero attached hydrogens (tertiary/aromatic N) is 4. The van der Waals surface area contributed by atoms with Crippen LogP contribution in [0.4, 0.5) is 11.6 Å². The molecule has 0 radical (unpaired) electrons. The summed E-state index contributed by atoms with van der Waals surface area (Å²) in [5.74, 6) is 1.73. The Bertz CT molecular complexity index is 903. The summed E-state index contributed by atoms with van der Waals surface area (Å²) in [4.78, 5) is 17.7. The highest BCUT2D eigenvalue weighted by Gasteiger charge is 2.26. The van der Waals surface area contributed by atoms with E-state index >= 15 is 0 Å². The highest BCUT2D eigenvalue weighted by Crippen LogP contribution is 2.34. The Hall–Kier alpha value is -2.81. The molecule has 3 aromatic rings. The van der Waals surface area contributed by atoms with Crippen molar-refractivity contribution in [3.05, 3.63) is 45.5 Å². The van der Waals surface area contributed by atoms with Gasteiger partial charge in [0.25, 0.3) is 4.96 Å². The van der Waals surface area contributed by atoms with E-state index < -0.39 is 4.92 Å². The van der Waals surface area contributed by atoms with Gasteiger partial charge in [0.1, 0.15) is 6.20 Å². The SMILES string of the molecule is CN(Cc1ccc2c(c1)OCO2)c1nc2sccn2c1[N+](=O)[O-]. The number of aromatic nitrogens is 2. The predicted octanol–water partition coefficient (Wildman–Crippen LogP) is 2.67. The van der Waals surface area contributed by atoms with Crippen molar-refractivity contribution in [2.24, 2.45) is 0 Å². The number of imidazole rings is 1. The first-order chi connectivity index (χ1) is 11.1. The predicted molar refractivity (Wildman–Crippen MR) is 84.4 cm³/mol. The second kappa shape index (κ2) is 5.13. The van der Waals surface area contributed by atoms with Crippen LogP contribution in [0, 0.1) is 10.1 Å². The largest absolute Gasteiger partial charge is 0.454 e. The molecule has 0 N–H and O–H groups in total. The number of benzene rings is 1. The molecule has 1 aliphatic heterocycles. The van der Waals surface area contributed by atoms with Crippen molar-refractivity contribution >= 4 is 27.9 Å². The zero-order valence-corrected chi connectivity index (χ0v) is 12.9. The third kappa shape index (κ3) is 2.25. The van der Waals surface area contributed by atoms with E-state index in [1.807, 2.05) is 18.2 Å². The molecule has 9 heteroatoms. The lowest BCUT2D eigenvalue weighted by Gasteiger charge is -2.16. The van der Waals surface area contributed by atoms with Crippen molar-refractivity contribution in [3.8, 4) is 11.5 Å². The lowest BCUT2D eigenvalue weighted by Crippen LogP contribution is -2.18. The van der Waals surface area contributed by atoms with Crippen molar-refractivity contribution < 1.29 is 14.4 Å². The van der Waals surface area contributed by atoms with Gasteiger partial charge in [-0.3, -0.25) is 0 Å². The van der Waals surface area contributed by atoms with E-state index in [0.29, 0.717) is 28.8 Å². The summed E-state index contributed by atoms with van der Waals surface area (Å²) in [7, 11) is 1.78. The summed E-state index contributed by atoms with van der Waals surface area (Å²) in [6.07, 6.45) is 1.66. The lowest BCUT2D eigenvalue weighted by molar-refractivity contribution is -0.389. The monoisotopic (exact) mass is 332 g/mol. The molecular formula is C14H12N4O4S. The quantitative estimate of drug-likeness (QED) is 0.539. The topological polar surface area (TPSA) is 82.1 Å².